The number of carboxylic acid groups (broad SMARTS) is 1. The lowest BCUT2D eigenvalue weighted by Gasteiger charge is -2.16. The van der Waals surface area contributed by atoms with Crippen molar-refractivity contribution >= 4 is 17.3 Å². The molecule has 1 N–H and O–H groups in total. The second-order valence-electron chi connectivity index (χ2n) is 5.23. The Morgan fingerprint density at radius 1 is 1.23 bits per heavy atom. The quantitative estimate of drug-likeness (QED) is 0.845. The Balaban J connectivity index is 2.26. The molecule has 0 aliphatic heterocycles. The summed E-state index contributed by atoms with van der Waals surface area (Å²) in [6, 6.07) is 7.84. The van der Waals surface area contributed by atoms with Gasteiger partial charge in [0, 0.05) is 18.5 Å². The van der Waals surface area contributed by atoms with Crippen molar-refractivity contribution in [1.82, 2.24) is 9.88 Å². The van der Waals surface area contributed by atoms with Crippen LogP contribution in [0.15, 0.2) is 24.3 Å². The molecule has 4 nitrogen and oxygen atoms in total. The summed E-state index contributed by atoms with van der Waals surface area (Å²) in [5.74, 6) is -0.901. The van der Waals surface area contributed by atoms with E-state index in [1.807, 2.05) is 31.2 Å². The van der Waals surface area contributed by atoms with Gasteiger partial charge in [0.25, 0.3) is 0 Å². The van der Waals surface area contributed by atoms with Crippen LogP contribution < -0.4 is 0 Å². The van der Waals surface area contributed by atoms with Crippen molar-refractivity contribution < 1.29 is 9.90 Å². The number of thiazole rings is 1. The molecule has 1 heterocycles. The van der Waals surface area contributed by atoms with Crippen molar-refractivity contribution in [2.75, 3.05) is 19.6 Å². The Morgan fingerprint density at radius 2 is 1.86 bits per heavy atom. The fourth-order valence-electron chi connectivity index (χ4n) is 2.32. The van der Waals surface area contributed by atoms with E-state index in [9.17, 15) is 9.90 Å². The Morgan fingerprint density at radius 3 is 2.41 bits per heavy atom. The first kappa shape index (κ1) is 16.6. The minimum Gasteiger partial charge on any atom is -0.477 e. The molecule has 0 saturated carbocycles. The van der Waals surface area contributed by atoms with E-state index in [0.29, 0.717) is 10.6 Å². The van der Waals surface area contributed by atoms with E-state index < -0.39 is 5.97 Å². The molecule has 1 aromatic heterocycles. The maximum atomic E-state index is 11.5. The Kier molecular flexibility index (Phi) is 5.69. The van der Waals surface area contributed by atoms with Crippen LogP contribution in [0.25, 0.3) is 11.3 Å². The second kappa shape index (κ2) is 7.51. The van der Waals surface area contributed by atoms with Gasteiger partial charge in [-0.3, -0.25) is 0 Å². The third-order valence-corrected chi connectivity index (χ3v) is 4.83. The van der Waals surface area contributed by atoms with Crippen LogP contribution in [0.5, 0.6) is 0 Å². The molecule has 118 valence electrons. The van der Waals surface area contributed by atoms with E-state index in [2.05, 4.69) is 23.7 Å². The standard InChI is InChI=1S/C17H22N2O2S/c1-4-19(5-2)11-10-14-18-15(16(22-14)17(20)21)13-8-6-12(3)7-9-13/h6-9H,4-5,10-11H2,1-3H3,(H,20,21). The molecule has 0 unspecified atom stereocenters. The molecule has 0 aliphatic rings. The molecule has 0 aliphatic carbocycles. The van der Waals surface area contributed by atoms with E-state index >= 15 is 0 Å². The molecule has 1 aromatic carbocycles. The van der Waals surface area contributed by atoms with Gasteiger partial charge in [0.15, 0.2) is 0 Å². The van der Waals surface area contributed by atoms with Gasteiger partial charge >= 0.3 is 5.97 Å². The molecule has 2 aromatic rings. The number of hydrogen-bond donors (Lipinski definition) is 1. The average Bonchev–Trinajstić information content (AvgIpc) is 2.93. The number of aromatic nitrogens is 1. The number of carboxylic acids is 1. The van der Waals surface area contributed by atoms with Crippen LogP contribution in [0, 0.1) is 6.92 Å². The highest BCUT2D eigenvalue weighted by Crippen LogP contribution is 2.29. The van der Waals surface area contributed by atoms with Gasteiger partial charge in [-0.05, 0) is 20.0 Å². The second-order valence-corrected chi connectivity index (χ2v) is 6.32. The number of nitrogens with zero attached hydrogens (tertiary/aromatic N) is 2. The first-order valence-electron chi connectivity index (χ1n) is 7.57. The summed E-state index contributed by atoms with van der Waals surface area (Å²) in [4.78, 5) is 18.7. The Labute approximate surface area is 135 Å². The van der Waals surface area contributed by atoms with Crippen LogP contribution in [0.3, 0.4) is 0 Å². The predicted molar refractivity (Wildman–Crippen MR) is 90.7 cm³/mol. The predicted octanol–water partition coefficient (Wildman–Crippen LogP) is 3.70. The van der Waals surface area contributed by atoms with Crippen molar-refractivity contribution in [3.63, 3.8) is 0 Å². The van der Waals surface area contributed by atoms with E-state index in [-0.39, 0.29) is 0 Å². The van der Waals surface area contributed by atoms with Gasteiger partial charge in [-0.1, -0.05) is 43.7 Å². The maximum Gasteiger partial charge on any atom is 0.348 e. The summed E-state index contributed by atoms with van der Waals surface area (Å²) in [5, 5.41) is 10.3. The number of aromatic carboxylic acids is 1. The number of rotatable bonds is 7. The SMILES string of the molecule is CCN(CC)CCc1nc(-c2ccc(C)cc2)c(C(=O)O)s1. The van der Waals surface area contributed by atoms with Gasteiger partial charge in [0.2, 0.25) is 0 Å². The van der Waals surface area contributed by atoms with Crippen molar-refractivity contribution in [2.45, 2.75) is 27.2 Å². The fraction of sp³-hybridized carbons (Fsp3) is 0.412. The summed E-state index contributed by atoms with van der Waals surface area (Å²) >= 11 is 1.29. The van der Waals surface area contributed by atoms with Crippen LogP contribution in [0.1, 0.15) is 34.1 Å². The van der Waals surface area contributed by atoms with Crippen LogP contribution in [0.2, 0.25) is 0 Å². The van der Waals surface area contributed by atoms with Crippen LogP contribution in [-0.2, 0) is 6.42 Å². The van der Waals surface area contributed by atoms with Crippen molar-refractivity contribution in [1.29, 1.82) is 0 Å². The monoisotopic (exact) mass is 318 g/mol. The van der Waals surface area contributed by atoms with Gasteiger partial charge in [-0.25, -0.2) is 9.78 Å². The largest absolute Gasteiger partial charge is 0.477 e. The number of likely N-dealkylation sites (N-methyl/N-ethyl adjacent to an activating group) is 1. The first-order chi connectivity index (χ1) is 10.5. The number of carbonyl (C=O) groups is 1. The fourth-order valence-corrected chi connectivity index (χ4v) is 3.23. The Hall–Kier alpha value is -1.72. The van der Waals surface area contributed by atoms with Crippen molar-refractivity contribution in [3.8, 4) is 11.3 Å². The highest BCUT2D eigenvalue weighted by atomic mass is 32.1. The van der Waals surface area contributed by atoms with Crippen LogP contribution in [0.4, 0.5) is 0 Å². The molecule has 0 bridgehead atoms. The van der Waals surface area contributed by atoms with Crippen LogP contribution >= 0.6 is 11.3 Å². The van der Waals surface area contributed by atoms with E-state index in [1.54, 1.807) is 0 Å². The van der Waals surface area contributed by atoms with Gasteiger partial charge in [0.1, 0.15) is 4.88 Å². The molecule has 5 heteroatoms. The third-order valence-electron chi connectivity index (χ3n) is 3.73. The number of aryl methyl sites for hydroxylation is 1. The lowest BCUT2D eigenvalue weighted by Crippen LogP contribution is -2.25. The summed E-state index contributed by atoms with van der Waals surface area (Å²) in [7, 11) is 0. The lowest BCUT2D eigenvalue weighted by molar-refractivity contribution is 0.0702. The first-order valence-corrected chi connectivity index (χ1v) is 8.39. The molecule has 0 fully saturated rings. The van der Waals surface area contributed by atoms with E-state index in [0.717, 1.165) is 42.2 Å². The molecule has 2 rings (SSSR count). The van der Waals surface area contributed by atoms with Crippen LogP contribution in [-0.4, -0.2) is 40.6 Å². The van der Waals surface area contributed by atoms with Gasteiger partial charge in [-0.15, -0.1) is 11.3 Å². The highest BCUT2D eigenvalue weighted by molar-refractivity contribution is 7.14. The van der Waals surface area contributed by atoms with E-state index in [1.165, 1.54) is 11.3 Å². The molecule has 0 radical (unpaired) electrons. The summed E-state index contributed by atoms with van der Waals surface area (Å²) in [6.07, 6.45) is 0.790. The van der Waals surface area contributed by atoms with Gasteiger partial charge in [0.05, 0.1) is 10.7 Å². The van der Waals surface area contributed by atoms with E-state index in [4.69, 9.17) is 0 Å². The molecular formula is C17H22N2O2S. The number of hydrogen-bond acceptors (Lipinski definition) is 4. The molecule has 0 spiro atoms. The molecule has 0 atom stereocenters. The summed E-state index contributed by atoms with van der Waals surface area (Å²) < 4.78 is 0. The molecular weight excluding hydrogens is 296 g/mol. The summed E-state index contributed by atoms with van der Waals surface area (Å²) in [5.41, 5.74) is 2.61. The Bertz CT molecular complexity index is 631. The molecule has 0 saturated heterocycles. The topological polar surface area (TPSA) is 53.4 Å². The summed E-state index contributed by atoms with van der Waals surface area (Å²) in [6.45, 7) is 9.18. The van der Waals surface area contributed by atoms with Gasteiger partial charge < -0.3 is 10.0 Å². The van der Waals surface area contributed by atoms with Crippen molar-refractivity contribution in [2.24, 2.45) is 0 Å². The zero-order valence-corrected chi connectivity index (χ0v) is 14.1. The molecule has 22 heavy (non-hydrogen) atoms. The van der Waals surface area contributed by atoms with Gasteiger partial charge in [-0.2, -0.15) is 0 Å². The number of benzene rings is 1. The smallest absolute Gasteiger partial charge is 0.348 e. The normalized spacial score (nSPS) is 11.1. The maximum absolute atomic E-state index is 11.5. The average molecular weight is 318 g/mol. The minimum absolute atomic E-state index is 0.332. The van der Waals surface area contributed by atoms with Crippen molar-refractivity contribution in [3.05, 3.63) is 39.7 Å². The zero-order chi connectivity index (χ0) is 16.1. The minimum atomic E-state index is -0.901. The highest BCUT2D eigenvalue weighted by Gasteiger charge is 2.18. The third kappa shape index (κ3) is 3.93. The zero-order valence-electron chi connectivity index (χ0n) is 13.3. The lowest BCUT2D eigenvalue weighted by atomic mass is 10.1. The molecule has 0 amide bonds.